The Kier molecular flexibility index (Phi) is 3.88. The van der Waals surface area contributed by atoms with E-state index >= 15 is 0 Å². The number of nitrogens with zero attached hydrogens (tertiary/aromatic N) is 1. The molecule has 0 aliphatic carbocycles. The zero-order chi connectivity index (χ0) is 14.8. The first-order chi connectivity index (χ1) is 9.44. The molecule has 0 saturated heterocycles. The van der Waals surface area contributed by atoms with Crippen molar-refractivity contribution in [3.63, 3.8) is 0 Å². The van der Waals surface area contributed by atoms with Gasteiger partial charge in [-0.1, -0.05) is 12.1 Å². The Labute approximate surface area is 115 Å². The van der Waals surface area contributed by atoms with Crippen molar-refractivity contribution in [2.75, 3.05) is 6.61 Å². The molecule has 20 heavy (non-hydrogen) atoms. The maximum absolute atomic E-state index is 13.4. The second-order valence-electron chi connectivity index (χ2n) is 4.42. The Bertz CT molecular complexity index is 659. The molecule has 3 nitrogen and oxygen atoms in total. The zero-order valence-electron chi connectivity index (χ0n) is 11.3. The highest BCUT2D eigenvalue weighted by Gasteiger charge is 2.37. The molecular weight excluding hydrogens is 264 g/mol. The number of carbonyl (C=O) groups excluding carboxylic acids is 1. The summed E-state index contributed by atoms with van der Waals surface area (Å²) < 4.78 is 33.2. The van der Waals surface area contributed by atoms with Crippen molar-refractivity contribution < 1.29 is 18.3 Å². The summed E-state index contributed by atoms with van der Waals surface area (Å²) in [6.07, 6.45) is 3.68. The van der Waals surface area contributed by atoms with Gasteiger partial charge in [-0.15, -0.1) is 0 Å². The van der Waals surface area contributed by atoms with Gasteiger partial charge in [0.1, 0.15) is 0 Å². The third kappa shape index (κ3) is 2.87. The molecule has 0 fully saturated rings. The molecule has 1 aromatic carbocycles. The summed E-state index contributed by atoms with van der Waals surface area (Å²) in [7, 11) is 1.91. The average Bonchev–Trinajstić information content (AvgIpc) is 2.78. The van der Waals surface area contributed by atoms with Gasteiger partial charge in [-0.3, -0.25) is 0 Å². The fourth-order valence-electron chi connectivity index (χ4n) is 1.90. The van der Waals surface area contributed by atoms with Crippen molar-refractivity contribution in [2.24, 2.45) is 7.05 Å². The molecular formula is C15H15F2NO2. The number of carbonyl (C=O) groups is 1. The van der Waals surface area contributed by atoms with Gasteiger partial charge >= 0.3 is 11.9 Å². The van der Waals surface area contributed by atoms with E-state index in [0.29, 0.717) is 11.6 Å². The van der Waals surface area contributed by atoms with Crippen molar-refractivity contribution in [2.45, 2.75) is 12.8 Å². The molecule has 0 bridgehead atoms. The molecule has 0 amide bonds. The number of aromatic nitrogens is 1. The van der Waals surface area contributed by atoms with Crippen LogP contribution in [0.3, 0.4) is 0 Å². The summed E-state index contributed by atoms with van der Waals surface area (Å²) in [6.45, 7) is 1.42. The maximum Gasteiger partial charge on any atom is 0.381 e. The van der Waals surface area contributed by atoms with Gasteiger partial charge in [-0.2, -0.15) is 8.78 Å². The highest BCUT2D eigenvalue weighted by Crippen LogP contribution is 2.21. The van der Waals surface area contributed by atoms with E-state index in [0.717, 1.165) is 10.9 Å². The van der Waals surface area contributed by atoms with E-state index in [1.807, 2.05) is 29.9 Å². The predicted octanol–water partition coefficient (Wildman–Crippen LogP) is 3.39. The molecule has 0 radical (unpaired) electrons. The van der Waals surface area contributed by atoms with Gasteiger partial charge in [0.15, 0.2) is 0 Å². The normalized spacial score (nSPS) is 12.2. The number of aryl methyl sites for hydroxylation is 1. The molecule has 106 valence electrons. The van der Waals surface area contributed by atoms with Crippen LogP contribution in [0.5, 0.6) is 0 Å². The van der Waals surface area contributed by atoms with Gasteiger partial charge in [-0.25, -0.2) is 4.79 Å². The summed E-state index contributed by atoms with van der Waals surface area (Å²) in [5, 5.41) is 0.953. The predicted molar refractivity (Wildman–Crippen MR) is 73.5 cm³/mol. The first-order valence-corrected chi connectivity index (χ1v) is 6.23. The third-order valence-corrected chi connectivity index (χ3v) is 2.94. The van der Waals surface area contributed by atoms with Gasteiger partial charge in [0.25, 0.3) is 0 Å². The lowest BCUT2D eigenvalue weighted by atomic mass is 10.1. The number of rotatable bonds is 4. The second-order valence-corrected chi connectivity index (χ2v) is 4.42. The van der Waals surface area contributed by atoms with E-state index in [4.69, 9.17) is 0 Å². The Hall–Kier alpha value is -2.17. The fraction of sp³-hybridized carbons (Fsp3) is 0.267. The molecule has 1 aromatic heterocycles. The molecule has 0 N–H and O–H groups in total. The summed E-state index contributed by atoms with van der Waals surface area (Å²) in [5.41, 5.74) is 1.62. The van der Waals surface area contributed by atoms with Crippen molar-refractivity contribution in [3.05, 3.63) is 42.1 Å². The standard InChI is InChI=1S/C15H15F2NO2/c1-3-20-14(19)15(16,17)8-6-11-4-5-13-12(10-11)7-9-18(13)2/h4-10H,3H2,1-2H3/b8-6+. The van der Waals surface area contributed by atoms with Crippen LogP contribution < -0.4 is 0 Å². The van der Waals surface area contributed by atoms with E-state index < -0.39 is 11.9 Å². The van der Waals surface area contributed by atoms with Gasteiger partial charge in [0.05, 0.1) is 6.61 Å². The van der Waals surface area contributed by atoms with Gasteiger partial charge < -0.3 is 9.30 Å². The molecule has 1 heterocycles. The molecule has 5 heteroatoms. The lowest BCUT2D eigenvalue weighted by Gasteiger charge is -2.09. The topological polar surface area (TPSA) is 31.2 Å². The Morgan fingerprint density at radius 2 is 2.15 bits per heavy atom. The van der Waals surface area contributed by atoms with Crippen LogP contribution in [0.25, 0.3) is 17.0 Å². The molecule has 0 spiro atoms. The Balaban J connectivity index is 2.22. The average molecular weight is 279 g/mol. The number of fused-ring (bicyclic) bond motifs is 1. The Morgan fingerprint density at radius 1 is 1.40 bits per heavy atom. The first kappa shape index (κ1) is 14.2. The van der Waals surface area contributed by atoms with Crippen LogP contribution in [0.4, 0.5) is 8.78 Å². The molecule has 0 unspecified atom stereocenters. The summed E-state index contributed by atoms with van der Waals surface area (Å²) in [4.78, 5) is 11.1. The van der Waals surface area contributed by atoms with Gasteiger partial charge in [0.2, 0.25) is 0 Å². The highest BCUT2D eigenvalue weighted by atomic mass is 19.3. The molecule has 0 atom stereocenters. The summed E-state index contributed by atoms with van der Waals surface area (Å²) >= 11 is 0. The van der Waals surface area contributed by atoms with E-state index in [9.17, 15) is 13.6 Å². The zero-order valence-corrected chi connectivity index (χ0v) is 11.3. The minimum atomic E-state index is -3.61. The second kappa shape index (κ2) is 5.45. The lowest BCUT2D eigenvalue weighted by Crippen LogP contribution is -2.28. The van der Waals surface area contributed by atoms with Gasteiger partial charge in [0, 0.05) is 24.1 Å². The molecule has 2 rings (SSSR count). The highest BCUT2D eigenvalue weighted by molar-refractivity contribution is 5.84. The largest absolute Gasteiger partial charge is 0.461 e. The van der Waals surface area contributed by atoms with E-state index in [1.165, 1.54) is 13.0 Å². The van der Waals surface area contributed by atoms with Crippen LogP contribution in [0.2, 0.25) is 0 Å². The smallest absolute Gasteiger partial charge is 0.381 e. The number of esters is 1. The minimum Gasteiger partial charge on any atom is -0.461 e. The molecule has 0 aliphatic rings. The maximum atomic E-state index is 13.4. The lowest BCUT2D eigenvalue weighted by molar-refractivity contribution is -0.164. The number of ether oxygens (including phenoxy) is 1. The fourth-order valence-corrected chi connectivity index (χ4v) is 1.90. The van der Waals surface area contributed by atoms with Crippen molar-refractivity contribution in [3.8, 4) is 0 Å². The van der Waals surface area contributed by atoms with E-state index in [2.05, 4.69) is 4.74 Å². The third-order valence-electron chi connectivity index (χ3n) is 2.94. The number of hydrogen-bond acceptors (Lipinski definition) is 2. The summed E-state index contributed by atoms with van der Waals surface area (Å²) in [5.74, 6) is -5.14. The van der Waals surface area contributed by atoms with Crippen LogP contribution in [0.1, 0.15) is 12.5 Å². The number of halogens is 2. The molecule has 0 aliphatic heterocycles. The monoisotopic (exact) mass is 279 g/mol. The summed E-state index contributed by atoms with van der Waals surface area (Å²) in [6, 6.07) is 7.25. The SMILES string of the molecule is CCOC(=O)C(F)(F)/C=C/c1ccc2c(ccn2C)c1. The van der Waals surface area contributed by atoms with Crippen LogP contribution >= 0.6 is 0 Å². The van der Waals surface area contributed by atoms with E-state index in [1.54, 1.807) is 12.1 Å². The van der Waals surface area contributed by atoms with Crippen LogP contribution in [-0.4, -0.2) is 23.1 Å². The van der Waals surface area contributed by atoms with Crippen LogP contribution in [0.15, 0.2) is 36.5 Å². The minimum absolute atomic E-state index is 0.0712. The molecule has 2 aromatic rings. The molecule has 0 saturated carbocycles. The van der Waals surface area contributed by atoms with Crippen molar-refractivity contribution in [1.29, 1.82) is 0 Å². The van der Waals surface area contributed by atoms with Gasteiger partial charge in [-0.05, 0) is 36.8 Å². The van der Waals surface area contributed by atoms with E-state index in [-0.39, 0.29) is 6.61 Å². The quantitative estimate of drug-likeness (QED) is 0.803. The van der Waals surface area contributed by atoms with Crippen molar-refractivity contribution >= 4 is 22.9 Å². The first-order valence-electron chi connectivity index (χ1n) is 6.23. The van der Waals surface area contributed by atoms with Crippen molar-refractivity contribution in [1.82, 2.24) is 4.57 Å². The van der Waals surface area contributed by atoms with Crippen LogP contribution in [0, 0.1) is 0 Å². The number of hydrogen-bond donors (Lipinski definition) is 0. The van der Waals surface area contributed by atoms with Crippen LogP contribution in [-0.2, 0) is 16.6 Å². The number of benzene rings is 1. The number of alkyl halides is 2. The Morgan fingerprint density at radius 3 is 2.85 bits per heavy atom.